The van der Waals surface area contributed by atoms with E-state index in [0.717, 1.165) is 23.6 Å². The van der Waals surface area contributed by atoms with E-state index >= 15 is 0 Å². The molecular weight excluding hydrogens is 525 g/mol. The van der Waals surface area contributed by atoms with Crippen molar-refractivity contribution in [2.24, 2.45) is 4.99 Å². The normalized spacial score (nSPS) is 11.6. The van der Waals surface area contributed by atoms with Gasteiger partial charge in [-0.05, 0) is 55.8 Å². The van der Waals surface area contributed by atoms with E-state index in [0.29, 0.717) is 36.3 Å². The molecule has 0 saturated carbocycles. The van der Waals surface area contributed by atoms with Gasteiger partial charge >= 0.3 is 0 Å². The summed E-state index contributed by atoms with van der Waals surface area (Å²) in [6.07, 6.45) is -0.0570. The van der Waals surface area contributed by atoms with Gasteiger partial charge in [0.1, 0.15) is 17.6 Å². The standard InChI is InChI=1S/C23H33N3O5.HI/c1-7-24-23(25-14-16(2)31-19-10-8-18(27-3)9-11-19)26-15-17-12-20(28-4)22(30-6)21(13-17)29-5;/h8-13,16H,7,14-15H2,1-6H3,(H2,24,25,26);1H. The van der Waals surface area contributed by atoms with Crippen LogP contribution < -0.4 is 34.3 Å². The number of methoxy groups -OCH3 is 4. The minimum Gasteiger partial charge on any atom is -0.497 e. The maximum Gasteiger partial charge on any atom is 0.203 e. The van der Waals surface area contributed by atoms with Crippen molar-refractivity contribution in [3.63, 3.8) is 0 Å². The fraction of sp³-hybridized carbons (Fsp3) is 0.435. The van der Waals surface area contributed by atoms with Gasteiger partial charge in [-0.1, -0.05) is 0 Å². The second kappa shape index (κ2) is 14.5. The lowest BCUT2D eigenvalue weighted by molar-refractivity contribution is 0.223. The third-order valence-corrected chi connectivity index (χ3v) is 4.44. The van der Waals surface area contributed by atoms with Gasteiger partial charge in [0.15, 0.2) is 17.5 Å². The second-order valence-electron chi connectivity index (χ2n) is 6.71. The zero-order valence-electron chi connectivity index (χ0n) is 19.6. The first-order chi connectivity index (χ1) is 15.0. The third kappa shape index (κ3) is 8.18. The molecule has 0 heterocycles. The van der Waals surface area contributed by atoms with Crippen LogP contribution in [0.15, 0.2) is 41.4 Å². The molecule has 1 unspecified atom stereocenters. The average molecular weight is 559 g/mol. The van der Waals surface area contributed by atoms with Gasteiger partial charge in [0.05, 0.1) is 41.5 Å². The summed E-state index contributed by atoms with van der Waals surface area (Å²) in [4.78, 5) is 4.66. The molecule has 178 valence electrons. The number of halogens is 1. The Bertz CT molecular complexity index is 821. The van der Waals surface area contributed by atoms with E-state index in [2.05, 4.69) is 15.6 Å². The number of guanidine groups is 1. The zero-order valence-corrected chi connectivity index (χ0v) is 21.9. The lowest BCUT2D eigenvalue weighted by Gasteiger charge is -2.18. The number of aliphatic imine (C=N–C) groups is 1. The van der Waals surface area contributed by atoms with E-state index in [1.165, 1.54) is 0 Å². The number of nitrogens with zero attached hydrogens (tertiary/aromatic N) is 1. The molecule has 0 radical (unpaired) electrons. The Morgan fingerprint density at radius 2 is 1.47 bits per heavy atom. The highest BCUT2D eigenvalue weighted by molar-refractivity contribution is 14.0. The first-order valence-corrected chi connectivity index (χ1v) is 10.2. The second-order valence-corrected chi connectivity index (χ2v) is 6.71. The molecule has 1 atom stereocenters. The first kappa shape index (κ1) is 27.5. The topological polar surface area (TPSA) is 82.6 Å². The van der Waals surface area contributed by atoms with E-state index in [-0.39, 0.29) is 30.1 Å². The minimum absolute atomic E-state index is 0. The van der Waals surface area contributed by atoms with E-state index in [1.807, 2.05) is 50.2 Å². The Morgan fingerprint density at radius 1 is 0.875 bits per heavy atom. The Labute approximate surface area is 207 Å². The molecule has 0 aliphatic carbocycles. The van der Waals surface area contributed by atoms with Gasteiger partial charge in [0.25, 0.3) is 0 Å². The molecule has 2 aromatic carbocycles. The van der Waals surface area contributed by atoms with Gasteiger partial charge < -0.3 is 34.3 Å². The molecule has 32 heavy (non-hydrogen) atoms. The molecule has 0 saturated heterocycles. The van der Waals surface area contributed by atoms with Crippen molar-refractivity contribution in [1.82, 2.24) is 10.6 Å². The molecular formula is C23H34IN3O5. The maximum atomic E-state index is 5.94. The highest BCUT2D eigenvalue weighted by Crippen LogP contribution is 2.38. The Morgan fingerprint density at radius 3 is 1.97 bits per heavy atom. The van der Waals surface area contributed by atoms with Crippen LogP contribution in [-0.2, 0) is 6.54 Å². The van der Waals surface area contributed by atoms with Crippen LogP contribution in [0.2, 0.25) is 0 Å². The van der Waals surface area contributed by atoms with Gasteiger partial charge in [-0.25, -0.2) is 4.99 Å². The van der Waals surface area contributed by atoms with Crippen LogP contribution in [0.5, 0.6) is 28.7 Å². The van der Waals surface area contributed by atoms with Gasteiger partial charge in [-0.3, -0.25) is 0 Å². The quantitative estimate of drug-likeness (QED) is 0.246. The molecule has 0 aliphatic heterocycles. The summed E-state index contributed by atoms with van der Waals surface area (Å²) in [7, 11) is 6.42. The average Bonchev–Trinajstić information content (AvgIpc) is 2.80. The fourth-order valence-corrected chi connectivity index (χ4v) is 2.91. The van der Waals surface area contributed by atoms with Crippen LogP contribution in [0.4, 0.5) is 0 Å². The lowest BCUT2D eigenvalue weighted by atomic mass is 10.2. The van der Waals surface area contributed by atoms with Crippen LogP contribution in [0.1, 0.15) is 19.4 Å². The SMILES string of the molecule is CCNC(=NCc1cc(OC)c(OC)c(OC)c1)NCC(C)Oc1ccc(OC)cc1.I. The first-order valence-electron chi connectivity index (χ1n) is 10.2. The predicted molar refractivity (Wildman–Crippen MR) is 137 cm³/mol. The molecule has 2 N–H and O–H groups in total. The van der Waals surface area contributed by atoms with Gasteiger partial charge in [0.2, 0.25) is 5.75 Å². The van der Waals surface area contributed by atoms with Gasteiger partial charge in [-0.15, -0.1) is 24.0 Å². The number of ether oxygens (including phenoxy) is 5. The van der Waals surface area contributed by atoms with Crippen molar-refractivity contribution in [2.45, 2.75) is 26.5 Å². The number of nitrogens with one attached hydrogen (secondary N) is 2. The van der Waals surface area contributed by atoms with E-state index in [9.17, 15) is 0 Å². The van der Waals surface area contributed by atoms with E-state index < -0.39 is 0 Å². The molecule has 0 aromatic heterocycles. The highest BCUT2D eigenvalue weighted by Gasteiger charge is 2.13. The van der Waals surface area contributed by atoms with Crippen molar-refractivity contribution in [1.29, 1.82) is 0 Å². The largest absolute Gasteiger partial charge is 0.497 e. The summed E-state index contributed by atoms with van der Waals surface area (Å²) >= 11 is 0. The predicted octanol–water partition coefficient (Wildman–Crippen LogP) is 3.86. The smallest absolute Gasteiger partial charge is 0.203 e. The number of rotatable bonds is 11. The summed E-state index contributed by atoms with van der Waals surface area (Å²) in [6, 6.07) is 11.3. The van der Waals surface area contributed by atoms with Crippen molar-refractivity contribution in [2.75, 3.05) is 41.5 Å². The Balaban J connectivity index is 0.00000512. The summed E-state index contributed by atoms with van der Waals surface area (Å²) < 4.78 is 27.3. The molecule has 9 heteroatoms. The summed E-state index contributed by atoms with van der Waals surface area (Å²) in [5.41, 5.74) is 0.939. The minimum atomic E-state index is -0.0570. The number of benzene rings is 2. The maximum absolute atomic E-state index is 5.94. The van der Waals surface area contributed by atoms with Crippen LogP contribution in [0.25, 0.3) is 0 Å². The van der Waals surface area contributed by atoms with Crippen LogP contribution in [0, 0.1) is 0 Å². The number of hydrogen-bond donors (Lipinski definition) is 2. The fourth-order valence-electron chi connectivity index (χ4n) is 2.91. The summed E-state index contributed by atoms with van der Waals surface area (Å²) in [5, 5.41) is 6.56. The molecule has 0 fully saturated rings. The summed E-state index contributed by atoms with van der Waals surface area (Å²) in [5.74, 6) is 4.05. The van der Waals surface area contributed by atoms with E-state index in [4.69, 9.17) is 23.7 Å². The molecule has 2 rings (SSSR count). The Hall–Kier alpha value is -2.56. The van der Waals surface area contributed by atoms with Crippen LogP contribution >= 0.6 is 24.0 Å². The van der Waals surface area contributed by atoms with Crippen LogP contribution in [-0.4, -0.2) is 53.6 Å². The highest BCUT2D eigenvalue weighted by atomic mass is 127. The van der Waals surface area contributed by atoms with E-state index in [1.54, 1.807) is 28.4 Å². The van der Waals surface area contributed by atoms with Crippen molar-refractivity contribution < 1.29 is 23.7 Å². The molecule has 0 aliphatic rings. The van der Waals surface area contributed by atoms with Crippen LogP contribution in [0.3, 0.4) is 0 Å². The monoisotopic (exact) mass is 559 g/mol. The molecule has 0 amide bonds. The third-order valence-electron chi connectivity index (χ3n) is 4.44. The van der Waals surface area contributed by atoms with Crippen molar-refractivity contribution in [3.05, 3.63) is 42.0 Å². The lowest BCUT2D eigenvalue weighted by Crippen LogP contribution is -2.41. The molecule has 8 nitrogen and oxygen atoms in total. The summed E-state index contributed by atoms with van der Waals surface area (Å²) in [6.45, 7) is 5.80. The number of hydrogen-bond acceptors (Lipinski definition) is 6. The van der Waals surface area contributed by atoms with Crippen molar-refractivity contribution >= 4 is 29.9 Å². The zero-order chi connectivity index (χ0) is 22.6. The molecule has 0 spiro atoms. The van der Waals surface area contributed by atoms with Gasteiger partial charge in [-0.2, -0.15) is 0 Å². The van der Waals surface area contributed by atoms with Crippen molar-refractivity contribution in [3.8, 4) is 28.7 Å². The molecule has 0 bridgehead atoms. The molecule has 2 aromatic rings. The Kier molecular flexibility index (Phi) is 12.4. The van der Waals surface area contributed by atoms with Gasteiger partial charge in [0, 0.05) is 6.54 Å².